The van der Waals surface area contributed by atoms with Crippen LogP contribution in [0.5, 0.6) is 0 Å². The van der Waals surface area contributed by atoms with Gasteiger partial charge < -0.3 is 10.2 Å². The number of aromatic nitrogens is 3. The molecule has 0 amide bonds. The first-order chi connectivity index (χ1) is 9.25. The second-order valence-corrected chi connectivity index (χ2v) is 4.59. The van der Waals surface area contributed by atoms with Crippen LogP contribution in [0.15, 0.2) is 36.8 Å². The van der Waals surface area contributed by atoms with Gasteiger partial charge in [-0.05, 0) is 39.2 Å². The number of nitrogens with zero attached hydrogens (tertiary/aromatic N) is 4. The first-order valence-electron chi connectivity index (χ1n) is 6.38. The predicted octanol–water partition coefficient (Wildman–Crippen LogP) is 1.90. The smallest absolute Gasteiger partial charge is 0.144 e. The van der Waals surface area contributed by atoms with Crippen molar-refractivity contribution in [2.45, 2.75) is 6.42 Å². The van der Waals surface area contributed by atoms with E-state index >= 15 is 0 Å². The van der Waals surface area contributed by atoms with Crippen molar-refractivity contribution >= 4 is 5.82 Å². The first-order valence-corrected chi connectivity index (χ1v) is 6.38. The van der Waals surface area contributed by atoms with Gasteiger partial charge in [-0.15, -0.1) is 0 Å². The molecule has 0 spiro atoms. The fourth-order valence-corrected chi connectivity index (χ4v) is 1.68. The van der Waals surface area contributed by atoms with Gasteiger partial charge >= 0.3 is 0 Å². The maximum atomic E-state index is 4.36. The number of rotatable bonds is 6. The molecule has 0 atom stereocenters. The molecule has 2 aromatic rings. The molecule has 0 unspecified atom stereocenters. The van der Waals surface area contributed by atoms with Crippen molar-refractivity contribution in [2.24, 2.45) is 0 Å². The summed E-state index contributed by atoms with van der Waals surface area (Å²) in [6.45, 7) is 1.96. The second kappa shape index (κ2) is 6.80. The molecule has 1 N–H and O–H groups in total. The summed E-state index contributed by atoms with van der Waals surface area (Å²) >= 11 is 0. The molecule has 0 fully saturated rings. The highest BCUT2D eigenvalue weighted by atomic mass is 15.1. The quantitative estimate of drug-likeness (QED) is 0.801. The van der Waals surface area contributed by atoms with Crippen LogP contribution in [-0.4, -0.2) is 47.0 Å². The van der Waals surface area contributed by atoms with Gasteiger partial charge in [0.2, 0.25) is 0 Å². The third-order valence-corrected chi connectivity index (χ3v) is 2.67. The highest BCUT2D eigenvalue weighted by molar-refractivity contribution is 5.53. The number of hydrogen-bond acceptors (Lipinski definition) is 5. The van der Waals surface area contributed by atoms with Crippen LogP contribution < -0.4 is 5.32 Å². The summed E-state index contributed by atoms with van der Waals surface area (Å²) in [6.07, 6.45) is 6.33. The minimum absolute atomic E-state index is 0.791. The Morgan fingerprint density at radius 2 is 1.95 bits per heavy atom. The summed E-state index contributed by atoms with van der Waals surface area (Å²) in [4.78, 5) is 15.1. The minimum atomic E-state index is 0.791. The van der Waals surface area contributed by atoms with E-state index in [1.54, 1.807) is 18.6 Å². The van der Waals surface area contributed by atoms with Gasteiger partial charge in [0.1, 0.15) is 11.5 Å². The molecule has 2 aromatic heterocycles. The molecular formula is C14H19N5. The maximum Gasteiger partial charge on any atom is 0.144 e. The lowest BCUT2D eigenvalue weighted by molar-refractivity contribution is 0.405. The third kappa shape index (κ3) is 4.30. The third-order valence-electron chi connectivity index (χ3n) is 2.67. The molecule has 19 heavy (non-hydrogen) atoms. The molecule has 0 aromatic carbocycles. The van der Waals surface area contributed by atoms with Crippen LogP contribution in [0.3, 0.4) is 0 Å². The van der Waals surface area contributed by atoms with Gasteiger partial charge in [-0.2, -0.15) is 0 Å². The van der Waals surface area contributed by atoms with Gasteiger partial charge in [-0.25, -0.2) is 9.97 Å². The largest absolute Gasteiger partial charge is 0.369 e. The zero-order chi connectivity index (χ0) is 13.5. The Kier molecular flexibility index (Phi) is 4.80. The maximum absolute atomic E-state index is 4.36. The van der Waals surface area contributed by atoms with Crippen molar-refractivity contribution in [2.75, 3.05) is 32.5 Å². The first kappa shape index (κ1) is 13.4. The van der Waals surface area contributed by atoms with E-state index in [1.165, 1.54) is 0 Å². The van der Waals surface area contributed by atoms with E-state index in [0.29, 0.717) is 0 Å². The van der Waals surface area contributed by atoms with Gasteiger partial charge in [-0.1, -0.05) is 6.07 Å². The van der Waals surface area contributed by atoms with Gasteiger partial charge in [0.15, 0.2) is 0 Å². The number of nitrogens with one attached hydrogen (secondary N) is 1. The summed E-state index contributed by atoms with van der Waals surface area (Å²) in [5.74, 6) is 0.804. The molecule has 0 bridgehead atoms. The van der Waals surface area contributed by atoms with Crippen molar-refractivity contribution in [1.29, 1.82) is 0 Å². The normalized spacial score (nSPS) is 10.7. The van der Waals surface area contributed by atoms with E-state index in [-0.39, 0.29) is 0 Å². The Hall–Kier alpha value is -2.01. The van der Waals surface area contributed by atoms with Crippen LogP contribution >= 0.6 is 0 Å². The number of pyridine rings is 1. The molecule has 0 saturated heterocycles. The molecule has 0 aliphatic heterocycles. The predicted molar refractivity (Wildman–Crippen MR) is 76.9 cm³/mol. The summed E-state index contributed by atoms with van der Waals surface area (Å²) in [5.41, 5.74) is 1.63. The average molecular weight is 257 g/mol. The molecule has 5 heteroatoms. The average Bonchev–Trinajstić information content (AvgIpc) is 2.45. The standard InChI is InChI=1S/C14H19N5/c1-19(2)9-5-8-16-14-11-17-13(10-18-14)12-6-3-4-7-15-12/h3-4,6-7,10-11H,5,8-9H2,1-2H3,(H,16,18). The van der Waals surface area contributed by atoms with E-state index in [4.69, 9.17) is 0 Å². The van der Waals surface area contributed by atoms with E-state index in [2.05, 4.69) is 39.3 Å². The van der Waals surface area contributed by atoms with E-state index < -0.39 is 0 Å². The fraction of sp³-hybridized carbons (Fsp3) is 0.357. The molecule has 2 rings (SSSR count). The molecule has 0 aliphatic rings. The topological polar surface area (TPSA) is 53.9 Å². The van der Waals surface area contributed by atoms with Crippen LogP contribution in [0.25, 0.3) is 11.4 Å². The van der Waals surface area contributed by atoms with Crippen molar-refractivity contribution in [3.63, 3.8) is 0 Å². The van der Waals surface area contributed by atoms with Crippen LogP contribution in [-0.2, 0) is 0 Å². The lowest BCUT2D eigenvalue weighted by atomic mass is 10.3. The number of anilines is 1. The summed E-state index contributed by atoms with van der Waals surface area (Å²) in [5, 5.41) is 3.26. The van der Waals surface area contributed by atoms with Crippen molar-refractivity contribution in [3.05, 3.63) is 36.8 Å². The lowest BCUT2D eigenvalue weighted by Gasteiger charge is -2.10. The van der Waals surface area contributed by atoms with Gasteiger partial charge in [0.05, 0.1) is 18.1 Å². The molecule has 0 aliphatic carbocycles. The molecule has 100 valence electrons. The summed E-state index contributed by atoms with van der Waals surface area (Å²) < 4.78 is 0. The van der Waals surface area contributed by atoms with Gasteiger partial charge in [0, 0.05) is 12.7 Å². The van der Waals surface area contributed by atoms with Crippen molar-refractivity contribution < 1.29 is 0 Å². The molecule has 2 heterocycles. The molecule has 5 nitrogen and oxygen atoms in total. The van der Waals surface area contributed by atoms with Gasteiger partial charge in [-0.3, -0.25) is 4.98 Å². The zero-order valence-electron chi connectivity index (χ0n) is 11.4. The Labute approximate surface area is 113 Å². The van der Waals surface area contributed by atoms with Crippen LogP contribution in [0.1, 0.15) is 6.42 Å². The highest BCUT2D eigenvalue weighted by Gasteiger charge is 2.01. The Balaban J connectivity index is 1.88. The van der Waals surface area contributed by atoms with Crippen molar-refractivity contribution in [3.8, 4) is 11.4 Å². The van der Waals surface area contributed by atoms with Crippen LogP contribution in [0, 0.1) is 0 Å². The molecule has 0 saturated carbocycles. The monoisotopic (exact) mass is 257 g/mol. The molecular weight excluding hydrogens is 238 g/mol. The second-order valence-electron chi connectivity index (χ2n) is 4.59. The Morgan fingerprint density at radius 3 is 2.58 bits per heavy atom. The van der Waals surface area contributed by atoms with Crippen molar-refractivity contribution in [1.82, 2.24) is 19.9 Å². The Bertz CT molecular complexity index is 481. The number of hydrogen-bond donors (Lipinski definition) is 1. The van der Waals surface area contributed by atoms with E-state index in [9.17, 15) is 0 Å². The van der Waals surface area contributed by atoms with Crippen LogP contribution in [0.4, 0.5) is 5.82 Å². The Morgan fingerprint density at radius 1 is 1.05 bits per heavy atom. The summed E-state index contributed by atoms with van der Waals surface area (Å²) in [7, 11) is 4.14. The highest BCUT2D eigenvalue weighted by Crippen LogP contribution is 2.12. The lowest BCUT2D eigenvalue weighted by Crippen LogP contribution is -2.16. The zero-order valence-corrected chi connectivity index (χ0v) is 11.4. The van der Waals surface area contributed by atoms with Gasteiger partial charge in [0.25, 0.3) is 0 Å². The summed E-state index contributed by atoms with van der Waals surface area (Å²) in [6, 6.07) is 5.75. The van der Waals surface area contributed by atoms with Crippen LogP contribution in [0.2, 0.25) is 0 Å². The SMILES string of the molecule is CN(C)CCCNc1cnc(-c2ccccn2)cn1. The van der Waals surface area contributed by atoms with E-state index in [0.717, 1.165) is 36.7 Å². The fourth-order valence-electron chi connectivity index (χ4n) is 1.68. The molecule has 0 radical (unpaired) electrons. The van der Waals surface area contributed by atoms with E-state index in [1.807, 2.05) is 18.2 Å². The minimum Gasteiger partial charge on any atom is -0.369 e.